The van der Waals surface area contributed by atoms with E-state index in [2.05, 4.69) is 10.6 Å². The number of aliphatic carboxylic acids is 2. The molecule has 1 saturated heterocycles. The van der Waals surface area contributed by atoms with Gasteiger partial charge >= 0.3 is 11.9 Å². The lowest BCUT2D eigenvalue weighted by Crippen LogP contribution is -2.56. The van der Waals surface area contributed by atoms with E-state index < -0.39 is 23.2 Å². The standard InChI is InChI=1S/C22H25ClN2O6/c1-14-7-8-19(30-13-15-4-3-9-24-12-15)22(25-14,18(21(28)29)11-20(26)27)31-17-6-2-5-16(23)10-17/h2,5-8,10-11,15,24-25H,3-4,9,12-13H2,1H3,(H,26,27)(H,28,29)/b18-11-/t15?,22-/m0/s1. The minimum atomic E-state index is -1.89. The van der Waals surface area contributed by atoms with Gasteiger partial charge in [0.2, 0.25) is 0 Å². The Morgan fingerprint density at radius 2 is 2.13 bits per heavy atom. The molecular formula is C22H25ClN2O6. The Bertz CT molecular complexity index is 936. The fraction of sp³-hybridized carbons (Fsp3) is 0.364. The minimum Gasteiger partial charge on any atom is -0.491 e. The third-order valence-corrected chi connectivity index (χ3v) is 5.26. The summed E-state index contributed by atoms with van der Waals surface area (Å²) in [7, 11) is 0. The van der Waals surface area contributed by atoms with E-state index in [0.717, 1.165) is 25.9 Å². The molecule has 8 nitrogen and oxygen atoms in total. The Kier molecular flexibility index (Phi) is 7.25. The van der Waals surface area contributed by atoms with Crippen molar-refractivity contribution in [2.45, 2.75) is 25.5 Å². The van der Waals surface area contributed by atoms with Crippen LogP contribution in [0.2, 0.25) is 5.02 Å². The fourth-order valence-electron chi connectivity index (χ4n) is 3.60. The van der Waals surface area contributed by atoms with E-state index in [9.17, 15) is 19.8 Å². The summed E-state index contributed by atoms with van der Waals surface area (Å²) in [5, 5.41) is 25.9. The number of halogens is 1. The zero-order chi connectivity index (χ0) is 22.4. The average Bonchev–Trinajstić information content (AvgIpc) is 2.72. The smallest absolute Gasteiger partial charge is 0.338 e. The highest BCUT2D eigenvalue weighted by atomic mass is 35.5. The maximum Gasteiger partial charge on any atom is 0.338 e. The van der Waals surface area contributed by atoms with Gasteiger partial charge in [0.1, 0.15) is 11.3 Å². The second-order valence-electron chi connectivity index (χ2n) is 7.47. The number of hydrogen-bond acceptors (Lipinski definition) is 6. The van der Waals surface area contributed by atoms with Gasteiger partial charge in [-0.05, 0) is 56.7 Å². The van der Waals surface area contributed by atoms with Crippen LogP contribution in [-0.4, -0.2) is 47.6 Å². The maximum atomic E-state index is 12.2. The van der Waals surface area contributed by atoms with E-state index in [4.69, 9.17) is 21.1 Å². The minimum absolute atomic E-state index is 0.151. The molecule has 1 unspecified atom stereocenters. The zero-order valence-electron chi connectivity index (χ0n) is 17.1. The lowest BCUT2D eigenvalue weighted by molar-refractivity contribution is -0.137. The lowest BCUT2D eigenvalue weighted by atomic mass is 9.95. The van der Waals surface area contributed by atoms with Crippen molar-refractivity contribution in [3.63, 3.8) is 0 Å². The molecule has 0 radical (unpaired) electrons. The number of hydrogen-bond donors (Lipinski definition) is 4. The van der Waals surface area contributed by atoms with Gasteiger partial charge in [-0.1, -0.05) is 17.7 Å². The molecule has 31 heavy (non-hydrogen) atoms. The highest BCUT2D eigenvalue weighted by molar-refractivity contribution is 6.30. The molecule has 0 amide bonds. The van der Waals surface area contributed by atoms with Gasteiger partial charge in [0.15, 0.2) is 5.76 Å². The van der Waals surface area contributed by atoms with Gasteiger partial charge in [0, 0.05) is 29.3 Å². The molecule has 0 spiro atoms. The molecule has 166 valence electrons. The van der Waals surface area contributed by atoms with Crippen LogP contribution in [-0.2, 0) is 14.3 Å². The molecule has 4 N–H and O–H groups in total. The molecule has 0 saturated carbocycles. The molecular weight excluding hydrogens is 424 g/mol. The van der Waals surface area contributed by atoms with Crippen molar-refractivity contribution < 1.29 is 29.3 Å². The lowest BCUT2D eigenvalue weighted by Gasteiger charge is -2.40. The zero-order valence-corrected chi connectivity index (χ0v) is 17.8. The number of carboxylic acids is 2. The van der Waals surface area contributed by atoms with Crippen LogP contribution in [0.4, 0.5) is 0 Å². The summed E-state index contributed by atoms with van der Waals surface area (Å²) in [5.74, 6) is -2.24. The van der Waals surface area contributed by atoms with Crippen LogP contribution in [0.15, 0.2) is 59.5 Å². The monoisotopic (exact) mass is 448 g/mol. The van der Waals surface area contributed by atoms with Crippen molar-refractivity contribution in [2.75, 3.05) is 19.7 Å². The first kappa shape index (κ1) is 22.7. The molecule has 1 fully saturated rings. The number of ether oxygens (including phenoxy) is 2. The molecule has 9 heteroatoms. The summed E-state index contributed by atoms with van der Waals surface area (Å²) in [6.45, 7) is 3.78. The maximum absolute atomic E-state index is 12.2. The largest absolute Gasteiger partial charge is 0.491 e. The van der Waals surface area contributed by atoms with Crippen LogP contribution in [0.5, 0.6) is 5.75 Å². The van der Waals surface area contributed by atoms with E-state index in [1.165, 1.54) is 6.07 Å². The Balaban J connectivity index is 2.04. The first-order chi connectivity index (χ1) is 14.8. The average molecular weight is 449 g/mol. The first-order valence-corrected chi connectivity index (χ1v) is 10.3. The van der Waals surface area contributed by atoms with Crippen molar-refractivity contribution in [3.8, 4) is 5.75 Å². The highest BCUT2D eigenvalue weighted by Crippen LogP contribution is 2.35. The highest BCUT2D eigenvalue weighted by Gasteiger charge is 2.48. The molecule has 1 aromatic carbocycles. The second-order valence-corrected chi connectivity index (χ2v) is 7.91. The van der Waals surface area contributed by atoms with Gasteiger partial charge < -0.3 is 30.3 Å². The molecule has 2 atom stereocenters. The Labute approximate surface area is 185 Å². The van der Waals surface area contributed by atoms with E-state index in [-0.39, 0.29) is 17.4 Å². The molecule has 2 heterocycles. The predicted molar refractivity (Wildman–Crippen MR) is 115 cm³/mol. The molecule has 0 aliphatic carbocycles. The van der Waals surface area contributed by atoms with Crippen molar-refractivity contribution in [1.82, 2.24) is 10.6 Å². The Morgan fingerprint density at radius 1 is 1.32 bits per heavy atom. The molecule has 2 aliphatic rings. The summed E-state index contributed by atoms with van der Waals surface area (Å²) in [5.41, 5.74) is -1.85. The molecule has 2 aliphatic heterocycles. The van der Waals surface area contributed by atoms with E-state index >= 15 is 0 Å². The number of rotatable bonds is 8. The van der Waals surface area contributed by atoms with Gasteiger partial charge in [-0.3, -0.25) is 0 Å². The van der Waals surface area contributed by atoms with Gasteiger partial charge in [0.05, 0.1) is 6.61 Å². The van der Waals surface area contributed by atoms with Crippen molar-refractivity contribution >= 4 is 23.5 Å². The summed E-state index contributed by atoms with van der Waals surface area (Å²) < 4.78 is 12.2. The fourth-order valence-corrected chi connectivity index (χ4v) is 3.78. The van der Waals surface area contributed by atoms with Gasteiger partial charge in [-0.25, -0.2) is 9.59 Å². The van der Waals surface area contributed by atoms with Gasteiger partial charge in [0.25, 0.3) is 5.72 Å². The number of allylic oxidation sites excluding steroid dienone is 3. The summed E-state index contributed by atoms with van der Waals surface area (Å²) in [6, 6.07) is 6.42. The summed E-state index contributed by atoms with van der Waals surface area (Å²) in [4.78, 5) is 23.6. The molecule has 1 aromatic rings. The number of piperidine rings is 1. The van der Waals surface area contributed by atoms with Crippen molar-refractivity contribution in [3.05, 3.63) is 64.5 Å². The van der Waals surface area contributed by atoms with Crippen LogP contribution < -0.4 is 15.4 Å². The summed E-state index contributed by atoms with van der Waals surface area (Å²) >= 11 is 6.07. The molecule has 0 bridgehead atoms. The van der Waals surface area contributed by atoms with Crippen molar-refractivity contribution in [1.29, 1.82) is 0 Å². The Morgan fingerprint density at radius 3 is 2.77 bits per heavy atom. The van der Waals surface area contributed by atoms with E-state index in [0.29, 0.717) is 23.4 Å². The van der Waals surface area contributed by atoms with Crippen LogP contribution in [0.3, 0.4) is 0 Å². The van der Waals surface area contributed by atoms with E-state index in [1.54, 1.807) is 37.3 Å². The van der Waals surface area contributed by atoms with Gasteiger partial charge in [-0.2, -0.15) is 0 Å². The first-order valence-electron chi connectivity index (χ1n) is 9.94. The number of carbonyl (C=O) groups is 2. The van der Waals surface area contributed by atoms with E-state index in [1.807, 2.05) is 0 Å². The SMILES string of the molecule is CC1=CC=C(OCC2CCCNC2)[C@@](Oc2cccc(Cl)c2)(/C(=C\C(=O)O)C(=O)O)N1. The topological polar surface area (TPSA) is 117 Å². The van der Waals surface area contributed by atoms with Crippen molar-refractivity contribution in [2.24, 2.45) is 5.92 Å². The van der Waals surface area contributed by atoms with Crippen LogP contribution >= 0.6 is 11.6 Å². The van der Waals surface area contributed by atoms with Gasteiger partial charge in [-0.15, -0.1) is 0 Å². The number of carboxylic acid groups (broad SMARTS) is 2. The molecule has 3 rings (SSSR count). The predicted octanol–water partition coefficient (Wildman–Crippen LogP) is 2.92. The number of dihydropyridines is 1. The third-order valence-electron chi connectivity index (χ3n) is 5.02. The quantitative estimate of drug-likeness (QED) is 0.448. The van der Waals surface area contributed by atoms with Crippen LogP contribution in [0, 0.1) is 5.92 Å². The third kappa shape index (κ3) is 5.59. The number of benzene rings is 1. The Hall–Kier alpha value is -2.97. The second kappa shape index (κ2) is 9.89. The normalized spacial score (nSPS) is 23.8. The molecule has 0 aromatic heterocycles. The number of nitrogens with one attached hydrogen (secondary N) is 2. The van der Waals surface area contributed by atoms with Crippen LogP contribution in [0.1, 0.15) is 19.8 Å². The van der Waals surface area contributed by atoms with Crippen LogP contribution in [0.25, 0.3) is 0 Å². The summed E-state index contributed by atoms with van der Waals surface area (Å²) in [6.07, 6.45) is 5.92.